The Morgan fingerprint density at radius 3 is 1.61 bits per heavy atom. The summed E-state index contributed by atoms with van der Waals surface area (Å²) in [6.45, 7) is 0. The van der Waals surface area contributed by atoms with Crippen molar-refractivity contribution in [2.45, 2.75) is 0 Å². The molecule has 2 aromatic rings. The minimum absolute atomic E-state index is 0.648. The van der Waals surface area contributed by atoms with Gasteiger partial charge in [-0.2, -0.15) is 0 Å². The summed E-state index contributed by atoms with van der Waals surface area (Å²) >= 11 is 0. The summed E-state index contributed by atoms with van der Waals surface area (Å²) in [5.74, 6) is 1.30. The van der Waals surface area contributed by atoms with Crippen LogP contribution in [0.25, 0.3) is 0 Å². The van der Waals surface area contributed by atoms with Crippen LogP contribution in [-0.4, -0.2) is 0 Å². The minimum Gasteiger partial charge on any atom is -0.408 e. The maximum Gasteiger partial charge on any atom is 0.539 e. The summed E-state index contributed by atoms with van der Waals surface area (Å²) in [5.41, 5.74) is 0. The number of rotatable bonds is 5. The number of para-hydroxylation sites is 2. The van der Waals surface area contributed by atoms with Gasteiger partial charge >= 0.3 is 8.60 Å². The smallest absolute Gasteiger partial charge is 0.408 e. The van der Waals surface area contributed by atoms with Gasteiger partial charge in [0.05, 0.1) is 0 Å². The summed E-state index contributed by atoms with van der Waals surface area (Å²) in [4.78, 5) is 0. The van der Waals surface area contributed by atoms with Crippen LogP contribution in [0.1, 0.15) is 0 Å². The van der Waals surface area contributed by atoms with Crippen molar-refractivity contribution in [3.63, 3.8) is 0 Å². The SMILES string of the molecule is C#COP(Oc1ccccc1)Oc1ccccc1. The van der Waals surface area contributed by atoms with Crippen LogP contribution in [0.4, 0.5) is 0 Å². The Hall–Kier alpha value is -2.17. The van der Waals surface area contributed by atoms with E-state index in [4.69, 9.17) is 20.0 Å². The molecule has 0 spiro atoms. The molecule has 0 amide bonds. The summed E-state index contributed by atoms with van der Waals surface area (Å²) in [6.07, 6.45) is 7.21. The van der Waals surface area contributed by atoms with E-state index < -0.39 is 8.60 Å². The zero-order valence-corrected chi connectivity index (χ0v) is 10.4. The summed E-state index contributed by atoms with van der Waals surface area (Å²) in [7, 11) is -1.65. The molecular formula is C14H11O3P. The van der Waals surface area contributed by atoms with E-state index in [0.717, 1.165) is 0 Å². The maximum absolute atomic E-state index is 5.54. The van der Waals surface area contributed by atoms with Gasteiger partial charge in [0.1, 0.15) is 17.6 Å². The van der Waals surface area contributed by atoms with Crippen LogP contribution in [0.2, 0.25) is 0 Å². The highest BCUT2D eigenvalue weighted by molar-refractivity contribution is 7.42. The number of hydrogen-bond donors (Lipinski definition) is 0. The molecule has 0 aromatic heterocycles. The lowest BCUT2D eigenvalue weighted by molar-refractivity contribution is 0.371. The Bertz CT molecular complexity index is 466. The first-order chi connectivity index (χ1) is 8.88. The van der Waals surface area contributed by atoms with Crippen LogP contribution in [0.5, 0.6) is 11.5 Å². The fourth-order valence-electron chi connectivity index (χ4n) is 1.23. The molecule has 2 rings (SSSR count). The van der Waals surface area contributed by atoms with E-state index in [0.29, 0.717) is 11.5 Å². The molecule has 2 aromatic carbocycles. The van der Waals surface area contributed by atoms with Crippen molar-refractivity contribution in [2.24, 2.45) is 0 Å². The van der Waals surface area contributed by atoms with Gasteiger partial charge in [0.25, 0.3) is 0 Å². The molecule has 0 N–H and O–H groups in total. The summed E-state index contributed by atoms with van der Waals surface area (Å²) < 4.78 is 16.1. The number of benzene rings is 2. The molecule has 4 heteroatoms. The zero-order valence-electron chi connectivity index (χ0n) is 9.52. The first kappa shape index (κ1) is 12.3. The standard InChI is InChI=1S/C14H11O3P/c1-2-15-18(16-13-9-5-3-6-10-13)17-14-11-7-4-8-12-14/h1,3-12H. The molecule has 0 heterocycles. The van der Waals surface area contributed by atoms with Gasteiger partial charge in [0, 0.05) is 0 Å². The Morgan fingerprint density at radius 2 is 1.22 bits per heavy atom. The van der Waals surface area contributed by atoms with Crippen LogP contribution in [0.15, 0.2) is 60.7 Å². The Kier molecular flexibility index (Phi) is 4.46. The van der Waals surface area contributed by atoms with Gasteiger partial charge < -0.3 is 13.6 Å². The zero-order chi connectivity index (χ0) is 12.6. The summed E-state index contributed by atoms with van der Waals surface area (Å²) in [5, 5.41) is 0. The number of terminal acetylenes is 1. The molecule has 0 aliphatic heterocycles. The quantitative estimate of drug-likeness (QED) is 0.599. The molecule has 0 unspecified atom stereocenters. The molecule has 18 heavy (non-hydrogen) atoms. The lowest BCUT2D eigenvalue weighted by Crippen LogP contribution is -1.96. The minimum atomic E-state index is -1.65. The van der Waals surface area contributed by atoms with Gasteiger partial charge in [-0.05, 0) is 24.3 Å². The average molecular weight is 258 g/mol. The van der Waals surface area contributed by atoms with Crippen molar-refractivity contribution in [2.75, 3.05) is 0 Å². The highest BCUT2D eigenvalue weighted by atomic mass is 31.2. The maximum atomic E-state index is 5.54. The first-order valence-corrected chi connectivity index (χ1v) is 6.37. The van der Waals surface area contributed by atoms with Crippen LogP contribution >= 0.6 is 8.60 Å². The van der Waals surface area contributed by atoms with Crippen molar-refractivity contribution >= 4 is 8.60 Å². The molecular weight excluding hydrogens is 247 g/mol. The lowest BCUT2D eigenvalue weighted by atomic mass is 10.3. The first-order valence-electron chi connectivity index (χ1n) is 5.27. The fraction of sp³-hybridized carbons (Fsp3) is 0. The molecule has 0 fully saturated rings. The van der Waals surface area contributed by atoms with Crippen molar-refractivity contribution in [1.29, 1.82) is 0 Å². The molecule has 0 radical (unpaired) electrons. The van der Waals surface area contributed by atoms with E-state index >= 15 is 0 Å². The predicted octanol–water partition coefficient (Wildman–Crippen LogP) is 3.98. The average Bonchev–Trinajstić information content (AvgIpc) is 2.41. The second-order valence-corrected chi connectivity index (χ2v) is 4.24. The van der Waals surface area contributed by atoms with Crippen LogP contribution in [0, 0.1) is 12.5 Å². The van der Waals surface area contributed by atoms with Crippen LogP contribution in [0.3, 0.4) is 0 Å². The van der Waals surface area contributed by atoms with E-state index in [1.54, 1.807) is 0 Å². The Morgan fingerprint density at radius 1 is 0.778 bits per heavy atom. The fourth-order valence-corrected chi connectivity index (χ4v) is 2.02. The predicted molar refractivity (Wildman–Crippen MR) is 71.0 cm³/mol. The molecule has 0 aliphatic rings. The normalized spacial score (nSPS) is 9.56. The van der Waals surface area contributed by atoms with E-state index in [9.17, 15) is 0 Å². The number of hydrogen-bond acceptors (Lipinski definition) is 3. The van der Waals surface area contributed by atoms with Gasteiger partial charge in [0.15, 0.2) is 0 Å². The third-order valence-corrected chi connectivity index (χ3v) is 2.95. The Balaban J connectivity index is 2.03. The van der Waals surface area contributed by atoms with E-state index in [2.05, 4.69) is 6.11 Å². The molecule has 0 aliphatic carbocycles. The van der Waals surface area contributed by atoms with Gasteiger partial charge in [-0.1, -0.05) is 42.8 Å². The van der Waals surface area contributed by atoms with E-state index in [1.165, 1.54) is 0 Å². The van der Waals surface area contributed by atoms with Crippen molar-refractivity contribution < 1.29 is 13.6 Å². The van der Waals surface area contributed by atoms with Crippen molar-refractivity contribution in [1.82, 2.24) is 0 Å². The Labute approximate surface area is 107 Å². The van der Waals surface area contributed by atoms with Gasteiger partial charge in [-0.3, -0.25) is 0 Å². The van der Waals surface area contributed by atoms with Crippen LogP contribution in [-0.2, 0) is 4.52 Å². The van der Waals surface area contributed by atoms with Crippen LogP contribution < -0.4 is 9.05 Å². The summed E-state index contributed by atoms with van der Waals surface area (Å²) in [6, 6.07) is 18.5. The molecule has 90 valence electrons. The van der Waals surface area contributed by atoms with Gasteiger partial charge in [-0.15, -0.1) is 0 Å². The topological polar surface area (TPSA) is 27.7 Å². The molecule has 0 bridgehead atoms. The molecule has 0 saturated heterocycles. The molecule has 3 nitrogen and oxygen atoms in total. The monoisotopic (exact) mass is 258 g/mol. The highest BCUT2D eigenvalue weighted by Crippen LogP contribution is 2.40. The third-order valence-electron chi connectivity index (χ3n) is 1.97. The van der Waals surface area contributed by atoms with Gasteiger partial charge in [0.2, 0.25) is 0 Å². The second kappa shape index (κ2) is 6.54. The lowest BCUT2D eigenvalue weighted by Gasteiger charge is -2.14. The van der Waals surface area contributed by atoms with Crippen molar-refractivity contribution in [3.05, 3.63) is 60.7 Å². The van der Waals surface area contributed by atoms with Crippen molar-refractivity contribution in [3.8, 4) is 24.0 Å². The largest absolute Gasteiger partial charge is 0.539 e. The van der Waals surface area contributed by atoms with E-state index in [-0.39, 0.29) is 0 Å². The molecule has 0 saturated carbocycles. The van der Waals surface area contributed by atoms with E-state index in [1.807, 2.05) is 60.7 Å². The second-order valence-electron chi connectivity index (χ2n) is 3.24. The highest BCUT2D eigenvalue weighted by Gasteiger charge is 2.17. The third kappa shape index (κ3) is 3.69. The molecule has 0 atom stereocenters. The van der Waals surface area contributed by atoms with Gasteiger partial charge in [-0.25, -0.2) is 0 Å².